The molecular weight excluding hydrogens is 358 g/mol. The summed E-state index contributed by atoms with van der Waals surface area (Å²) in [4.78, 5) is 3.32. The van der Waals surface area contributed by atoms with E-state index in [0.29, 0.717) is 11.5 Å². The number of benzene rings is 2. The molecule has 1 atom stereocenters. The molecule has 2 aromatic heterocycles. The van der Waals surface area contributed by atoms with Crippen molar-refractivity contribution in [1.82, 2.24) is 15.4 Å². The maximum Gasteiger partial charge on any atom is 0.204 e. The van der Waals surface area contributed by atoms with Crippen LogP contribution >= 0.6 is 12.2 Å². The molecule has 0 aliphatic carbocycles. The molecule has 4 aromatic rings. The number of fused-ring (bicyclic) bond motifs is 2. The number of H-pyrrole nitrogens is 1. The van der Waals surface area contributed by atoms with Gasteiger partial charge in [0, 0.05) is 34.5 Å². The van der Waals surface area contributed by atoms with E-state index in [2.05, 4.69) is 22.5 Å². The first-order valence-electron chi connectivity index (χ1n) is 8.67. The van der Waals surface area contributed by atoms with Gasteiger partial charge in [-0.3, -0.25) is 5.43 Å². The van der Waals surface area contributed by atoms with E-state index in [0.717, 1.165) is 38.9 Å². The summed E-state index contributed by atoms with van der Waals surface area (Å²) < 4.78 is 6.01. The molecule has 27 heavy (non-hydrogen) atoms. The minimum Gasteiger partial charge on any atom is -0.455 e. The zero-order valence-electron chi connectivity index (χ0n) is 14.3. The summed E-state index contributed by atoms with van der Waals surface area (Å²) >= 11 is 5.40. The Kier molecular flexibility index (Phi) is 3.70. The van der Waals surface area contributed by atoms with Crippen molar-refractivity contribution in [3.8, 4) is 0 Å². The Labute approximate surface area is 160 Å². The lowest BCUT2D eigenvalue weighted by Crippen LogP contribution is -2.40. The monoisotopic (exact) mass is 375 g/mol. The Morgan fingerprint density at radius 1 is 1.22 bits per heavy atom. The quantitative estimate of drug-likeness (QED) is 0.282. The number of hydrazone groups is 1. The van der Waals surface area contributed by atoms with Gasteiger partial charge >= 0.3 is 0 Å². The maximum atomic E-state index is 6.01. The first kappa shape index (κ1) is 16.0. The topological polar surface area (TPSA) is 82.6 Å². The summed E-state index contributed by atoms with van der Waals surface area (Å²) in [5.41, 5.74) is 6.45. The first-order chi connectivity index (χ1) is 13.2. The second-order valence-corrected chi connectivity index (χ2v) is 6.89. The van der Waals surface area contributed by atoms with Crippen molar-refractivity contribution in [2.24, 2.45) is 10.9 Å². The van der Waals surface area contributed by atoms with Crippen LogP contribution in [0.1, 0.15) is 23.8 Å². The summed E-state index contributed by atoms with van der Waals surface area (Å²) in [5.74, 6) is 6.35. The first-order valence-corrected chi connectivity index (χ1v) is 9.07. The van der Waals surface area contributed by atoms with Crippen molar-refractivity contribution >= 4 is 44.9 Å². The van der Waals surface area contributed by atoms with E-state index in [9.17, 15) is 0 Å². The zero-order chi connectivity index (χ0) is 18.4. The van der Waals surface area contributed by atoms with Crippen molar-refractivity contribution < 1.29 is 4.42 Å². The number of nitrogens with two attached hydrogens (primary N) is 1. The number of hydrogen-bond acceptors (Lipinski definition) is 4. The van der Waals surface area contributed by atoms with Crippen LogP contribution in [0, 0.1) is 0 Å². The molecule has 0 fully saturated rings. The fourth-order valence-electron chi connectivity index (χ4n) is 3.65. The second-order valence-electron chi connectivity index (χ2n) is 6.50. The molecule has 3 heterocycles. The van der Waals surface area contributed by atoms with E-state index >= 15 is 0 Å². The lowest BCUT2D eigenvalue weighted by Gasteiger charge is -2.22. The molecule has 1 aliphatic rings. The molecule has 1 aliphatic heterocycles. The van der Waals surface area contributed by atoms with Gasteiger partial charge in [-0.25, -0.2) is 10.9 Å². The van der Waals surface area contributed by atoms with Crippen molar-refractivity contribution in [3.63, 3.8) is 0 Å². The molecular formula is C20H17N5OS. The highest BCUT2D eigenvalue weighted by Gasteiger charge is 2.34. The lowest BCUT2D eigenvalue weighted by atomic mass is 10.0. The largest absolute Gasteiger partial charge is 0.455 e. The molecule has 0 saturated carbocycles. The van der Waals surface area contributed by atoms with E-state index < -0.39 is 0 Å². The van der Waals surface area contributed by atoms with Crippen LogP contribution in [0.3, 0.4) is 0 Å². The van der Waals surface area contributed by atoms with Crippen LogP contribution in [-0.2, 0) is 0 Å². The minimum absolute atomic E-state index is 0.0621. The summed E-state index contributed by atoms with van der Waals surface area (Å²) in [6.45, 7) is 0. The average Bonchev–Trinajstić information content (AvgIpc) is 3.42. The molecule has 7 heteroatoms. The fourth-order valence-corrected chi connectivity index (χ4v) is 3.82. The molecule has 2 aromatic carbocycles. The van der Waals surface area contributed by atoms with Crippen LogP contribution in [0.25, 0.3) is 21.9 Å². The minimum atomic E-state index is -0.0621. The third-order valence-electron chi connectivity index (χ3n) is 4.93. The molecule has 0 spiro atoms. The Morgan fingerprint density at radius 3 is 2.89 bits per heavy atom. The van der Waals surface area contributed by atoms with Gasteiger partial charge in [0.1, 0.15) is 11.3 Å². The number of aromatic nitrogens is 1. The highest BCUT2D eigenvalue weighted by molar-refractivity contribution is 7.80. The number of hydrogen-bond donors (Lipinski definition) is 3. The van der Waals surface area contributed by atoms with Crippen LogP contribution in [0.4, 0.5) is 0 Å². The second kappa shape index (κ2) is 6.22. The predicted octanol–water partition coefficient (Wildman–Crippen LogP) is 3.81. The molecule has 134 valence electrons. The van der Waals surface area contributed by atoms with Crippen LogP contribution in [0.5, 0.6) is 0 Å². The van der Waals surface area contributed by atoms with Gasteiger partial charge in [-0.2, -0.15) is 5.10 Å². The number of rotatable bonds is 2. The Hall–Kier alpha value is -3.16. The van der Waals surface area contributed by atoms with E-state index in [-0.39, 0.29) is 6.04 Å². The number of nitrogens with zero attached hydrogens (tertiary/aromatic N) is 2. The number of para-hydroxylation sites is 2. The maximum absolute atomic E-state index is 6.01. The normalized spacial score (nSPS) is 16.9. The molecule has 0 amide bonds. The predicted molar refractivity (Wildman–Crippen MR) is 110 cm³/mol. The fraction of sp³-hybridized carbons (Fsp3) is 0.100. The zero-order valence-corrected chi connectivity index (χ0v) is 15.2. The molecule has 5 rings (SSSR count). The van der Waals surface area contributed by atoms with Gasteiger partial charge in [-0.05, 0) is 30.4 Å². The highest BCUT2D eigenvalue weighted by Crippen LogP contribution is 2.37. The van der Waals surface area contributed by atoms with E-state index in [1.165, 1.54) is 0 Å². The number of aromatic amines is 1. The smallest absolute Gasteiger partial charge is 0.204 e. The number of furan rings is 1. The molecule has 4 N–H and O–H groups in total. The van der Waals surface area contributed by atoms with Gasteiger partial charge in [-0.1, -0.05) is 36.4 Å². The van der Waals surface area contributed by atoms with Gasteiger partial charge in [0.25, 0.3) is 0 Å². The molecule has 1 unspecified atom stereocenters. The van der Waals surface area contributed by atoms with Gasteiger partial charge in [-0.15, -0.1) is 0 Å². The molecule has 6 nitrogen and oxygen atoms in total. The van der Waals surface area contributed by atoms with Gasteiger partial charge in [0.05, 0.1) is 6.04 Å². The highest BCUT2D eigenvalue weighted by atomic mass is 32.1. The molecule has 0 bridgehead atoms. The Bertz CT molecular complexity index is 1160. The van der Waals surface area contributed by atoms with Gasteiger partial charge in [0.2, 0.25) is 5.11 Å². The van der Waals surface area contributed by atoms with Crippen LogP contribution < -0.4 is 11.3 Å². The van der Waals surface area contributed by atoms with Gasteiger partial charge in [0.15, 0.2) is 5.76 Å². The van der Waals surface area contributed by atoms with Crippen molar-refractivity contribution in [3.05, 3.63) is 72.1 Å². The number of thiocarbonyl (C=S) groups is 1. The molecule has 0 saturated heterocycles. The molecule has 0 radical (unpaired) electrons. The van der Waals surface area contributed by atoms with Crippen molar-refractivity contribution in [2.45, 2.75) is 12.5 Å². The summed E-state index contributed by atoms with van der Waals surface area (Å²) in [7, 11) is 0. The van der Waals surface area contributed by atoms with Gasteiger partial charge < -0.3 is 9.40 Å². The third-order valence-corrected chi connectivity index (χ3v) is 5.24. The van der Waals surface area contributed by atoms with Crippen molar-refractivity contribution in [1.29, 1.82) is 0 Å². The Morgan fingerprint density at radius 2 is 2.04 bits per heavy atom. The average molecular weight is 375 g/mol. The lowest BCUT2D eigenvalue weighted by molar-refractivity contribution is 0.366. The van der Waals surface area contributed by atoms with Crippen molar-refractivity contribution in [2.75, 3.05) is 0 Å². The summed E-state index contributed by atoms with van der Waals surface area (Å²) in [5, 5.41) is 9.06. The van der Waals surface area contributed by atoms with Crippen LogP contribution in [0.2, 0.25) is 0 Å². The summed E-state index contributed by atoms with van der Waals surface area (Å²) in [6, 6.07) is 18.1. The van der Waals surface area contributed by atoms with E-state index in [1.54, 1.807) is 5.01 Å². The van der Waals surface area contributed by atoms with E-state index in [4.69, 9.17) is 27.6 Å². The number of hydrazine groups is 1. The Balaban J connectivity index is 1.58. The summed E-state index contributed by atoms with van der Waals surface area (Å²) in [6.07, 6.45) is 2.68. The number of nitrogens with one attached hydrogen (secondary N) is 2. The van der Waals surface area contributed by atoms with Crippen LogP contribution in [0.15, 0.2) is 70.3 Å². The van der Waals surface area contributed by atoms with Crippen LogP contribution in [-0.4, -0.2) is 20.8 Å². The standard InChI is InChI=1S/C20H17N5OS/c21-23-20(27)25-17(14-11-22-15-7-3-2-6-13(14)15)10-16(24-25)19-9-12-5-1-4-8-18(12)26-19/h1-9,11,17,22H,10,21H2,(H,23,27). The SMILES string of the molecule is NNC(=S)N1N=C(c2cc3ccccc3o2)CC1c1c[nH]c2ccccc12. The van der Waals surface area contributed by atoms with E-state index in [1.807, 2.05) is 48.7 Å². The third kappa shape index (κ3) is 2.59.